The highest BCUT2D eigenvalue weighted by molar-refractivity contribution is 7.93. The summed E-state index contributed by atoms with van der Waals surface area (Å²) in [6.07, 6.45) is 0. The largest absolute Gasteiger partial charge is 0.384 e. The third-order valence-corrected chi connectivity index (χ3v) is 4.14. The fourth-order valence-corrected chi connectivity index (χ4v) is 2.00. The first-order chi connectivity index (χ1) is 8.36. The number of rotatable bonds is 3. The van der Waals surface area contributed by atoms with Crippen LogP contribution in [0.3, 0.4) is 0 Å². The van der Waals surface area contributed by atoms with Crippen molar-refractivity contribution in [2.75, 3.05) is 11.3 Å². The monoisotopic (exact) mass is 287 g/mol. The summed E-state index contributed by atoms with van der Waals surface area (Å²) in [6.45, 7) is 2.86. The van der Waals surface area contributed by atoms with Crippen molar-refractivity contribution in [3.8, 4) is 11.8 Å². The Hall–Kier alpha value is -1.22. The first kappa shape index (κ1) is 14.8. The van der Waals surface area contributed by atoms with E-state index in [4.69, 9.17) is 16.7 Å². The number of aliphatic hydroxyl groups excluding tert-OH is 1. The number of anilines is 1. The zero-order valence-electron chi connectivity index (χ0n) is 10.1. The van der Waals surface area contributed by atoms with E-state index < -0.39 is 15.3 Å². The van der Waals surface area contributed by atoms with Crippen LogP contribution in [0.15, 0.2) is 18.2 Å². The molecule has 0 radical (unpaired) electrons. The normalized spacial score (nSPS) is 10.9. The van der Waals surface area contributed by atoms with Gasteiger partial charge < -0.3 is 5.11 Å². The molecule has 0 fully saturated rings. The van der Waals surface area contributed by atoms with Gasteiger partial charge >= 0.3 is 0 Å². The summed E-state index contributed by atoms with van der Waals surface area (Å²) >= 11 is 5.83. The number of sulfonamides is 1. The van der Waals surface area contributed by atoms with E-state index in [9.17, 15) is 8.42 Å². The van der Waals surface area contributed by atoms with Gasteiger partial charge in [0.05, 0.1) is 10.9 Å². The summed E-state index contributed by atoms with van der Waals surface area (Å²) in [6, 6.07) is 4.70. The third-order valence-electron chi connectivity index (χ3n) is 2.16. The summed E-state index contributed by atoms with van der Waals surface area (Å²) in [5.41, 5.74) is 0.787. The van der Waals surface area contributed by atoms with E-state index in [0.29, 0.717) is 16.3 Å². The van der Waals surface area contributed by atoms with Crippen molar-refractivity contribution in [2.45, 2.75) is 19.1 Å². The predicted molar refractivity (Wildman–Crippen MR) is 73.1 cm³/mol. The fraction of sp³-hybridized carbons (Fsp3) is 0.333. The molecule has 0 aromatic heterocycles. The second-order valence-electron chi connectivity index (χ2n) is 3.85. The summed E-state index contributed by atoms with van der Waals surface area (Å²) in [7, 11) is -3.45. The van der Waals surface area contributed by atoms with Crippen LogP contribution in [-0.2, 0) is 10.0 Å². The maximum absolute atomic E-state index is 11.8. The van der Waals surface area contributed by atoms with Gasteiger partial charge in [-0.3, -0.25) is 4.72 Å². The minimum Gasteiger partial charge on any atom is -0.384 e. The Morgan fingerprint density at radius 3 is 2.67 bits per heavy atom. The highest BCUT2D eigenvalue weighted by Crippen LogP contribution is 2.22. The molecule has 0 aliphatic carbocycles. The topological polar surface area (TPSA) is 66.4 Å². The van der Waals surface area contributed by atoms with Crippen LogP contribution in [0, 0.1) is 11.8 Å². The Morgan fingerprint density at radius 1 is 1.44 bits per heavy atom. The molecular formula is C12H14ClNO3S. The Bertz CT molecular complexity index is 585. The van der Waals surface area contributed by atoms with Gasteiger partial charge in [0, 0.05) is 10.6 Å². The molecule has 0 amide bonds. The first-order valence-corrected chi connectivity index (χ1v) is 7.20. The van der Waals surface area contributed by atoms with Gasteiger partial charge in [-0.15, -0.1) is 0 Å². The number of nitrogens with one attached hydrogen (secondary N) is 1. The number of hydrogen-bond donors (Lipinski definition) is 2. The van der Waals surface area contributed by atoms with Crippen molar-refractivity contribution in [3.63, 3.8) is 0 Å². The van der Waals surface area contributed by atoms with E-state index in [1.165, 1.54) is 6.07 Å². The molecule has 0 aliphatic rings. The summed E-state index contributed by atoms with van der Waals surface area (Å²) in [4.78, 5) is 0. The van der Waals surface area contributed by atoms with Crippen molar-refractivity contribution in [3.05, 3.63) is 28.8 Å². The van der Waals surface area contributed by atoms with E-state index in [1.54, 1.807) is 26.0 Å². The molecule has 0 atom stereocenters. The Kier molecular flexibility index (Phi) is 5.03. The molecular weight excluding hydrogens is 274 g/mol. The lowest BCUT2D eigenvalue weighted by atomic mass is 10.2. The first-order valence-electron chi connectivity index (χ1n) is 5.27. The van der Waals surface area contributed by atoms with Crippen LogP contribution in [0.2, 0.25) is 5.02 Å². The Labute approximate surface area is 112 Å². The molecule has 0 heterocycles. The van der Waals surface area contributed by atoms with Gasteiger partial charge in [-0.2, -0.15) is 0 Å². The van der Waals surface area contributed by atoms with E-state index in [0.717, 1.165) is 0 Å². The van der Waals surface area contributed by atoms with Gasteiger partial charge in [-0.1, -0.05) is 23.4 Å². The molecule has 1 aromatic carbocycles. The van der Waals surface area contributed by atoms with Crippen LogP contribution in [0.1, 0.15) is 19.4 Å². The van der Waals surface area contributed by atoms with Gasteiger partial charge in [0.1, 0.15) is 6.61 Å². The average Bonchev–Trinajstić information content (AvgIpc) is 2.27. The Balaban J connectivity index is 3.18. The number of benzene rings is 1. The van der Waals surface area contributed by atoms with Crippen LogP contribution in [0.5, 0.6) is 0 Å². The zero-order valence-corrected chi connectivity index (χ0v) is 11.6. The molecule has 98 valence electrons. The van der Waals surface area contributed by atoms with Gasteiger partial charge in [0.25, 0.3) is 0 Å². The van der Waals surface area contributed by atoms with Crippen molar-refractivity contribution in [1.29, 1.82) is 0 Å². The number of aliphatic hydroxyl groups is 1. The van der Waals surface area contributed by atoms with Crippen LogP contribution in [0.25, 0.3) is 0 Å². The highest BCUT2D eigenvalue weighted by atomic mass is 35.5. The van der Waals surface area contributed by atoms with Crippen LogP contribution < -0.4 is 4.72 Å². The van der Waals surface area contributed by atoms with E-state index >= 15 is 0 Å². The van der Waals surface area contributed by atoms with E-state index in [1.807, 2.05) is 0 Å². The molecule has 18 heavy (non-hydrogen) atoms. The summed E-state index contributed by atoms with van der Waals surface area (Å²) in [5.74, 6) is 5.13. The molecule has 0 saturated heterocycles. The molecule has 2 N–H and O–H groups in total. The standard InChI is InChI=1S/C12H14ClNO3S/c1-9(2)18(16,17)14-12-8-11(13)6-5-10(12)4-3-7-15/h5-6,8-9,14-15H,7H2,1-2H3. The average molecular weight is 288 g/mol. The minimum absolute atomic E-state index is 0.293. The molecule has 0 spiro atoms. The van der Waals surface area contributed by atoms with E-state index in [-0.39, 0.29) is 6.61 Å². The molecule has 4 nitrogen and oxygen atoms in total. The molecule has 6 heteroatoms. The third kappa shape index (κ3) is 3.91. The van der Waals surface area contributed by atoms with Crippen LogP contribution in [-0.4, -0.2) is 25.4 Å². The quantitative estimate of drug-likeness (QED) is 0.834. The second-order valence-corrected chi connectivity index (χ2v) is 6.52. The molecule has 0 bridgehead atoms. The zero-order chi connectivity index (χ0) is 13.8. The lowest BCUT2D eigenvalue weighted by molar-refractivity contribution is 0.350. The van der Waals surface area contributed by atoms with Gasteiger partial charge in [0.2, 0.25) is 10.0 Å². The van der Waals surface area contributed by atoms with Gasteiger partial charge in [0.15, 0.2) is 0 Å². The Morgan fingerprint density at radius 2 is 2.11 bits per heavy atom. The van der Waals surface area contributed by atoms with Gasteiger partial charge in [-0.25, -0.2) is 8.42 Å². The summed E-state index contributed by atoms with van der Waals surface area (Å²) < 4.78 is 26.0. The van der Waals surface area contributed by atoms with Crippen molar-refractivity contribution in [2.24, 2.45) is 0 Å². The van der Waals surface area contributed by atoms with E-state index in [2.05, 4.69) is 16.6 Å². The number of hydrogen-bond acceptors (Lipinski definition) is 3. The lowest BCUT2D eigenvalue weighted by Crippen LogP contribution is -2.22. The molecule has 0 aliphatic heterocycles. The highest BCUT2D eigenvalue weighted by Gasteiger charge is 2.17. The van der Waals surface area contributed by atoms with Gasteiger partial charge in [-0.05, 0) is 32.0 Å². The maximum atomic E-state index is 11.8. The summed E-state index contributed by atoms with van der Waals surface area (Å²) in [5, 5.41) is 8.50. The molecule has 0 saturated carbocycles. The van der Waals surface area contributed by atoms with Crippen molar-refractivity contribution < 1.29 is 13.5 Å². The van der Waals surface area contributed by atoms with Crippen molar-refractivity contribution >= 4 is 27.3 Å². The number of halogens is 1. The maximum Gasteiger partial charge on any atom is 0.235 e. The lowest BCUT2D eigenvalue weighted by Gasteiger charge is -2.12. The minimum atomic E-state index is -3.45. The fourth-order valence-electron chi connectivity index (χ4n) is 1.12. The predicted octanol–water partition coefficient (Wildman–Crippen LogP) is 1.83. The van der Waals surface area contributed by atoms with Crippen LogP contribution >= 0.6 is 11.6 Å². The second kappa shape index (κ2) is 6.10. The molecule has 1 rings (SSSR count). The van der Waals surface area contributed by atoms with Crippen LogP contribution in [0.4, 0.5) is 5.69 Å². The van der Waals surface area contributed by atoms with Crippen molar-refractivity contribution in [1.82, 2.24) is 0 Å². The molecule has 1 aromatic rings. The SMILES string of the molecule is CC(C)S(=O)(=O)Nc1cc(Cl)ccc1C#CCO. The smallest absolute Gasteiger partial charge is 0.235 e. The molecule has 0 unspecified atom stereocenters.